The van der Waals surface area contributed by atoms with Crippen LogP contribution in [0.25, 0.3) is 6.08 Å². The zero-order valence-corrected chi connectivity index (χ0v) is 23.8. The van der Waals surface area contributed by atoms with Crippen molar-refractivity contribution in [1.29, 1.82) is 0 Å². The van der Waals surface area contributed by atoms with Crippen LogP contribution in [-0.2, 0) is 20.7 Å². The number of rotatable bonds is 12. The Balaban J connectivity index is 1.23. The second-order valence-corrected chi connectivity index (χ2v) is 10.4. The quantitative estimate of drug-likeness (QED) is 0.354. The summed E-state index contributed by atoms with van der Waals surface area (Å²) in [5.74, 6) is -1.28. The first-order chi connectivity index (χ1) is 19.9. The molecule has 1 fully saturated rings. The molecule has 4 rings (SSSR count). The standard InChI is InChI=1S/C30H34FN5O4S/c1-40-19-18-36(29(39)24-9-11-25(31)12-10-24)21-27(37)33-30-32-26(22-41-30)20-28(38)35-16-14-34(15-17-35)13-5-8-23-6-3-2-4-7-23/h2-12,22H,13-21H2,1H3,(H,32,33,37). The highest BCUT2D eigenvalue weighted by atomic mass is 32.1. The van der Waals surface area contributed by atoms with Gasteiger partial charge in [0.25, 0.3) is 5.91 Å². The number of piperazine rings is 1. The number of ether oxygens (including phenoxy) is 1. The first-order valence-electron chi connectivity index (χ1n) is 13.4. The lowest BCUT2D eigenvalue weighted by Crippen LogP contribution is -2.49. The van der Waals surface area contributed by atoms with Crippen molar-refractivity contribution in [3.05, 3.63) is 88.7 Å². The van der Waals surface area contributed by atoms with Crippen LogP contribution in [0.3, 0.4) is 0 Å². The average Bonchev–Trinajstić information content (AvgIpc) is 3.42. The molecule has 1 aliphatic rings. The van der Waals surface area contributed by atoms with Crippen molar-refractivity contribution in [2.24, 2.45) is 0 Å². The lowest BCUT2D eigenvalue weighted by Gasteiger charge is -2.34. The fourth-order valence-corrected chi connectivity index (χ4v) is 5.08. The van der Waals surface area contributed by atoms with E-state index in [1.165, 1.54) is 53.2 Å². The highest BCUT2D eigenvalue weighted by molar-refractivity contribution is 7.13. The Morgan fingerprint density at radius 1 is 1.07 bits per heavy atom. The van der Waals surface area contributed by atoms with Crippen LogP contribution in [0.15, 0.2) is 66.1 Å². The summed E-state index contributed by atoms with van der Waals surface area (Å²) in [4.78, 5) is 48.4. The maximum absolute atomic E-state index is 13.3. The van der Waals surface area contributed by atoms with Gasteiger partial charge >= 0.3 is 0 Å². The molecule has 1 aromatic heterocycles. The summed E-state index contributed by atoms with van der Waals surface area (Å²) in [5.41, 5.74) is 2.03. The van der Waals surface area contributed by atoms with Gasteiger partial charge in [-0.05, 0) is 29.8 Å². The van der Waals surface area contributed by atoms with Crippen molar-refractivity contribution in [3.8, 4) is 0 Å². The van der Waals surface area contributed by atoms with E-state index in [1.807, 2.05) is 23.1 Å². The molecule has 216 valence electrons. The third-order valence-corrected chi connectivity index (χ3v) is 7.41. The summed E-state index contributed by atoms with van der Waals surface area (Å²) in [6, 6.07) is 15.3. The van der Waals surface area contributed by atoms with Crippen molar-refractivity contribution in [2.45, 2.75) is 6.42 Å². The van der Waals surface area contributed by atoms with E-state index in [0.717, 1.165) is 19.6 Å². The first kappa shape index (κ1) is 30.0. The van der Waals surface area contributed by atoms with Gasteiger partial charge in [-0.1, -0.05) is 42.5 Å². The Morgan fingerprint density at radius 3 is 2.51 bits per heavy atom. The highest BCUT2D eigenvalue weighted by Crippen LogP contribution is 2.17. The van der Waals surface area contributed by atoms with Gasteiger partial charge in [-0.3, -0.25) is 19.3 Å². The van der Waals surface area contributed by atoms with Gasteiger partial charge in [-0.25, -0.2) is 9.37 Å². The summed E-state index contributed by atoms with van der Waals surface area (Å²) in [6.07, 6.45) is 4.41. The van der Waals surface area contributed by atoms with E-state index in [1.54, 1.807) is 5.38 Å². The summed E-state index contributed by atoms with van der Waals surface area (Å²) in [7, 11) is 1.50. The van der Waals surface area contributed by atoms with E-state index < -0.39 is 17.6 Å². The molecule has 1 N–H and O–H groups in total. The van der Waals surface area contributed by atoms with Crippen molar-refractivity contribution in [2.75, 3.05) is 64.8 Å². The Bertz CT molecular complexity index is 1320. The topological polar surface area (TPSA) is 95.1 Å². The fraction of sp³-hybridized carbons (Fsp3) is 0.333. The Hall–Kier alpha value is -3.93. The Morgan fingerprint density at radius 2 is 1.80 bits per heavy atom. The number of nitrogens with one attached hydrogen (secondary N) is 1. The number of benzene rings is 2. The van der Waals surface area contributed by atoms with E-state index >= 15 is 0 Å². The van der Waals surface area contributed by atoms with Gasteiger partial charge in [0.1, 0.15) is 12.4 Å². The molecule has 2 heterocycles. The number of carbonyl (C=O) groups excluding carboxylic acids is 3. The summed E-state index contributed by atoms with van der Waals surface area (Å²) >= 11 is 1.23. The normalized spacial score (nSPS) is 13.9. The highest BCUT2D eigenvalue weighted by Gasteiger charge is 2.22. The minimum atomic E-state index is -0.449. The smallest absolute Gasteiger partial charge is 0.254 e. The number of carbonyl (C=O) groups is 3. The molecular weight excluding hydrogens is 545 g/mol. The molecule has 2 aromatic carbocycles. The number of aromatic nitrogens is 1. The van der Waals surface area contributed by atoms with Gasteiger partial charge in [0.05, 0.1) is 18.7 Å². The van der Waals surface area contributed by atoms with Crippen LogP contribution < -0.4 is 5.32 Å². The zero-order chi connectivity index (χ0) is 29.0. The second kappa shape index (κ2) is 15.2. The number of hydrogen-bond donors (Lipinski definition) is 1. The third kappa shape index (κ3) is 9.31. The van der Waals surface area contributed by atoms with Gasteiger partial charge in [-0.2, -0.15) is 0 Å². The fourth-order valence-electron chi connectivity index (χ4n) is 4.36. The molecule has 0 spiro atoms. The van der Waals surface area contributed by atoms with Crippen LogP contribution in [0.4, 0.5) is 9.52 Å². The van der Waals surface area contributed by atoms with Crippen molar-refractivity contribution >= 4 is 40.3 Å². The predicted molar refractivity (Wildman–Crippen MR) is 157 cm³/mol. The van der Waals surface area contributed by atoms with E-state index in [0.29, 0.717) is 23.9 Å². The molecule has 0 unspecified atom stereocenters. The zero-order valence-electron chi connectivity index (χ0n) is 23.0. The lowest BCUT2D eigenvalue weighted by molar-refractivity contribution is -0.132. The van der Waals surface area contributed by atoms with Crippen LogP contribution in [-0.4, -0.2) is 96.9 Å². The van der Waals surface area contributed by atoms with Crippen LogP contribution in [0, 0.1) is 5.82 Å². The number of halogens is 1. The lowest BCUT2D eigenvalue weighted by atomic mass is 10.2. The van der Waals surface area contributed by atoms with Crippen molar-refractivity contribution in [3.63, 3.8) is 0 Å². The molecule has 0 bridgehead atoms. The number of amides is 3. The van der Waals surface area contributed by atoms with E-state index in [4.69, 9.17) is 4.74 Å². The number of nitrogens with zero attached hydrogens (tertiary/aromatic N) is 4. The minimum absolute atomic E-state index is 0.00305. The van der Waals surface area contributed by atoms with Crippen LogP contribution in [0.2, 0.25) is 0 Å². The molecule has 3 amide bonds. The van der Waals surface area contributed by atoms with Crippen LogP contribution in [0.1, 0.15) is 21.6 Å². The van der Waals surface area contributed by atoms with E-state index in [-0.39, 0.29) is 37.6 Å². The first-order valence-corrected chi connectivity index (χ1v) is 14.3. The molecule has 0 aliphatic carbocycles. The number of methoxy groups -OCH3 is 1. The monoisotopic (exact) mass is 579 g/mol. The van der Waals surface area contributed by atoms with E-state index in [9.17, 15) is 18.8 Å². The SMILES string of the molecule is COCCN(CC(=O)Nc1nc(CC(=O)N2CCN(CC=Cc3ccccc3)CC2)cs1)C(=O)c1ccc(F)cc1. The summed E-state index contributed by atoms with van der Waals surface area (Å²) in [5, 5.41) is 4.82. The number of hydrogen-bond acceptors (Lipinski definition) is 7. The Labute approximate surface area is 243 Å². The van der Waals surface area contributed by atoms with Gasteiger partial charge in [0.15, 0.2) is 5.13 Å². The second-order valence-electron chi connectivity index (χ2n) is 9.59. The maximum atomic E-state index is 13.3. The predicted octanol–water partition coefficient (Wildman–Crippen LogP) is 3.41. The van der Waals surface area contributed by atoms with Gasteiger partial charge in [0, 0.05) is 57.3 Å². The molecule has 11 heteroatoms. The number of thiazole rings is 1. The average molecular weight is 580 g/mol. The summed E-state index contributed by atoms with van der Waals surface area (Å²) in [6.45, 7) is 3.97. The molecule has 0 saturated carbocycles. The molecule has 1 aliphatic heterocycles. The number of anilines is 1. The molecule has 3 aromatic rings. The third-order valence-electron chi connectivity index (χ3n) is 6.61. The van der Waals surface area contributed by atoms with Crippen LogP contribution >= 0.6 is 11.3 Å². The molecule has 1 saturated heterocycles. The van der Waals surface area contributed by atoms with E-state index in [2.05, 4.69) is 39.5 Å². The molecular formula is C30H34FN5O4S. The van der Waals surface area contributed by atoms with Crippen LogP contribution in [0.5, 0.6) is 0 Å². The molecule has 0 radical (unpaired) electrons. The largest absolute Gasteiger partial charge is 0.383 e. The molecule has 41 heavy (non-hydrogen) atoms. The van der Waals surface area contributed by atoms with Crippen molar-refractivity contribution in [1.82, 2.24) is 19.7 Å². The van der Waals surface area contributed by atoms with Crippen molar-refractivity contribution < 1.29 is 23.5 Å². The summed E-state index contributed by atoms with van der Waals surface area (Å²) < 4.78 is 18.3. The molecule has 9 nitrogen and oxygen atoms in total. The Kier molecular flexibility index (Phi) is 11.1. The minimum Gasteiger partial charge on any atom is -0.383 e. The maximum Gasteiger partial charge on any atom is 0.254 e. The van der Waals surface area contributed by atoms with Gasteiger partial charge < -0.3 is 19.9 Å². The van der Waals surface area contributed by atoms with Gasteiger partial charge in [0.2, 0.25) is 11.8 Å². The van der Waals surface area contributed by atoms with Gasteiger partial charge in [-0.15, -0.1) is 11.3 Å². The molecule has 0 atom stereocenters.